The number of methoxy groups -OCH3 is 1. The van der Waals surface area contributed by atoms with Crippen molar-refractivity contribution in [1.82, 2.24) is 15.1 Å². The molecule has 11 heteroatoms. The Bertz CT molecular complexity index is 627. The van der Waals surface area contributed by atoms with E-state index in [0.717, 1.165) is 6.42 Å². The molecule has 0 saturated carbocycles. The number of hydrogen-bond acceptors (Lipinski definition) is 8. The predicted octanol–water partition coefficient (Wildman–Crippen LogP) is 1.49. The number of esters is 1. The van der Waals surface area contributed by atoms with Crippen LogP contribution in [0, 0.1) is 0 Å². The number of hydrogen-bond donors (Lipinski definition) is 2. The maximum Gasteiger partial charge on any atom is 0.410 e. The first-order valence-corrected chi connectivity index (χ1v) is 10.7. The molecular weight excluding hydrogens is 420 g/mol. The summed E-state index contributed by atoms with van der Waals surface area (Å²) in [6.45, 7) is 12.7. The Morgan fingerprint density at radius 2 is 1.69 bits per heavy atom. The highest BCUT2D eigenvalue weighted by Crippen LogP contribution is 2.11. The van der Waals surface area contributed by atoms with Crippen LogP contribution in [0.3, 0.4) is 0 Å². The van der Waals surface area contributed by atoms with Crippen LogP contribution in [-0.2, 0) is 23.8 Å². The molecule has 0 aromatic rings. The largest absolute Gasteiger partial charge is 0.468 e. The number of nitrogens with one attached hydrogen (secondary N) is 1. The van der Waals surface area contributed by atoms with Gasteiger partial charge in [-0.1, -0.05) is 0 Å². The fourth-order valence-electron chi connectivity index (χ4n) is 2.35. The molecule has 1 fully saturated rings. The molecule has 1 aliphatic rings. The fourth-order valence-corrected chi connectivity index (χ4v) is 2.35. The average Bonchev–Trinajstić information content (AvgIpc) is 2.87. The minimum absolute atomic E-state index is 0.0922. The zero-order valence-corrected chi connectivity index (χ0v) is 20.5. The van der Waals surface area contributed by atoms with Gasteiger partial charge in [0.05, 0.1) is 7.11 Å². The summed E-state index contributed by atoms with van der Waals surface area (Å²) in [4.78, 5) is 48.5. The Morgan fingerprint density at radius 1 is 1.09 bits per heavy atom. The highest BCUT2D eigenvalue weighted by atomic mass is 16.6. The average molecular weight is 461 g/mol. The fraction of sp³-hybridized carbons (Fsp3) is 0.810. The van der Waals surface area contributed by atoms with Crippen molar-refractivity contribution in [2.75, 3.05) is 46.4 Å². The molecule has 1 aliphatic heterocycles. The first kappa shape index (κ1) is 29.4. The van der Waals surface area contributed by atoms with Gasteiger partial charge in [-0.3, -0.25) is 19.4 Å². The molecule has 11 nitrogen and oxygen atoms in total. The SMILES string of the molecule is CC(C)(C)OC(=O)N1CCCNC(=O)C1.COC(=O)CN(CCCN)C(=O)OC(C)(C)C. The van der Waals surface area contributed by atoms with Crippen LogP contribution in [0.15, 0.2) is 0 Å². The van der Waals surface area contributed by atoms with Crippen molar-refractivity contribution in [3.63, 3.8) is 0 Å². The molecule has 0 aromatic carbocycles. The number of carbonyl (C=O) groups excluding carboxylic acids is 4. The summed E-state index contributed by atoms with van der Waals surface area (Å²) in [7, 11) is 1.28. The molecule has 0 spiro atoms. The quantitative estimate of drug-likeness (QED) is 0.464. The first-order valence-electron chi connectivity index (χ1n) is 10.7. The van der Waals surface area contributed by atoms with Crippen molar-refractivity contribution < 1.29 is 33.4 Å². The van der Waals surface area contributed by atoms with Crippen LogP contribution < -0.4 is 11.1 Å². The topological polar surface area (TPSA) is 140 Å². The summed E-state index contributed by atoms with van der Waals surface area (Å²) < 4.78 is 14.9. The van der Waals surface area contributed by atoms with Gasteiger partial charge in [0.1, 0.15) is 24.3 Å². The Labute approximate surface area is 190 Å². The number of rotatable bonds is 5. The van der Waals surface area contributed by atoms with Crippen molar-refractivity contribution in [3.05, 3.63) is 0 Å². The second-order valence-electron chi connectivity index (χ2n) is 9.23. The monoisotopic (exact) mass is 460 g/mol. The van der Waals surface area contributed by atoms with Gasteiger partial charge in [-0.05, 0) is 60.9 Å². The Balaban J connectivity index is 0.000000604. The van der Waals surface area contributed by atoms with Crippen molar-refractivity contribution in [3.8, 4) is 0 Å². The maximum absolute atomic E-state index is 11.8. The second-order valence-corrected chi connectivity index (χ2v) is 9.23. The van der Waals surface area contributed by atoms with E-state index in [1.54, 1.807) is 20.8 Å². The van der Waals surface area contributed by atoms with E-state index in [2.05, 4.69) is 10.1 Å². The molecule has 0 atom stereocenters. The van der Waals surface area contributed by atoms with Crippen LogP contribution >= 0.6 is 0 Å². The van der Waals surface area contributed by atoms with Gasteiger partial charge < -0.3 is 25.3 Å². The summed E-state index contributed by atoms with van der Waals surface area (Å²) in [5.74, 6) is -0.605. The number of nitrogens with zero attached hydrogens (tertiary/aromatic N) is 2. The van der Waals surface area contributed by atoms with Crippen LogP contribution in [0.1, 0.15) is 54.4 Å². The number of carbonyl (C=O) groups is 4. The van der Waals surface area contributed by atoms with E-state index < -0.39 is 29.4 Å². The van der Waals surface area contributed by atoms with E-state index in [0.29, 0.717) is 32.6 Å². The first-order chi connectivity index (χ1) is 14.7. The lowest BCUT2D eigenvalue weighted by molar-refractivity contribution is -0.141. The van der Waals surface area contributed by atoms with Gasteiger partial charge >= 0.3 is 18.2 Å². The summed E-state index contributed by atoms with van der Waals surface area (Å²) in [6.07, 6.45) is 0.428. The van der Waals surface area contributed by atoms with Gasteiger partial charge in [0, 0.05) is 19.6 Å². The highest BCUT2D eigenvalue weighted by molar-refractivity contribution is 5.82. The van der Waals surface area contributed by atoms with Gasteiger partial charge in [0.15, 0.2) is 0 Å². The Hall–Kier alpha value is -2.56. The third-order valence-electron chi connectivity index (χ3n) is 3.74. The number of ether oxygens (including phenoxy) is 3. The molecule has 0 radical (unpaired) electrons. The molecule has 3 amide bonds. The van der Waals surface area contributed by atoms with Crippen LogP contribution in [0.25, 0.3) is 0 Å². The van der Waals surface area contributed by atoms with Crippen molar-refractivity contribution >= 4 is 24.1 Å². The van der Waals surface area contributed by atoms with Crippen LogP contribution in [0.2, 0.25) is 0 Å². The number of nitrogens with two attached hydrogens (primary N) is 1. The van der Waals surface area contributed by atoms with E-state index in [9.17, 15) is 19.2 Å². The van der Waals surface area contributed by atoms with Gasteiger partial charge in [-0.2, -0.15) is 0 Å². The lowest BCUT2D eigenvalue weighted by Gasteiger charge is -2.26. The third-order valence-corrected chi connectivity index (χ3v) is 3.74. The minimum Gasteiger partial charge on any atom is -0.468 e. The summed E-state index contributed by atoms with van der Waals surface area (Å²) in [5.41, 5.74) is 4.27. The Morgan fingerprint density at radius 3 is 2.19 bits per heavy atom. The van der Waals surface area contributed by atoms with E-state index in [1.165, 1.54) is 16.9 Å². The van der Waals surface area contributed by atoms with Crippen molar-refractivity contribution in [1.29, 1.82) is 0 Å². The molecule has 0 aliphatic carbocycles. The molecule has 1 saturated heterocycles. The molecule has 0 bridgehead atoms. The van der Waals surface area contributed by atoms with Gasteiger partial charge in [-0.15, -0.1) is 0 Å². The van der Waals surface area contributed by atoms with E-state index >= 15 is 0 Å². The summed E-state index contributed by atoms with van der Waals surface area (Å²) >= 11 is 0. The highest BCUT2D eigenvalue weighted by Gasteiger charge is 2.25. The second kappa shape index (κ2) is 13.8. The molecule has 0 unspecified atom stereocenters. The molecule has 0 aromatic heterocycles. The zero-order chi connectivity index (χ0) is 24.9. The molecule has 1 rings (SSSR count). The molecule has 186 valence electrons. The standard InChI is InChI=1S/C11H22N2O4.C10H18N2O3/c1-11(2,3)17-10(15)13(7-5-6-12)8-9(14)16-4;1-10(2,3)15-9(14)12-6-4-5-11-8(13)7-12/h5-8,12H2,1-4H3;4-7H2,1-3H3,(H,11,13). The van der Waals surface area contributed by atoms with E-state index in [4.69, 9.17) is 15.2 Å². The van der Waals surface area contributed by atoms with Crippen LogP contribution in [0.4, 0.5) is 9.59 Å². The minimum atomic E-state index is -0.589. The van der Waals surface area contributed by atoms with Crippen LogP contribution in [0.5, 0.6) is 0 Å². The van der Waals surface area contributed by atoms with Gasteiger partial charge in [-0.25, -0.2) is 9.59 Å². The van der Waals surface area contributed by atoms with Crippen LogP contribution in [-0.4, -0.2) is 91.4 Å². The molecule has 32 heavy (non-hydrogen) atoms. The molecule has 3 N–H and O–H groups in total. The zero-order valence-electron chi connectivity index (χ0n) is 20.5. The maximum atomic E-state index is 11.8. The van der Waals surface area contributed by atoms with Crippen molar-refractivity contribution in [2.24, 2.45) is 5.73 Å². The van der Waals surface area contributed by atoms with Gasteiger partial charge in [0.2, 0.25) is 5.91 Å². The third kappa shape index (κ3) is 14.4. The molecule has 1 heterocycles. The summed E-state index contributed by atoms with van der Waals surface area (Å²) in [6, 6.07) is 0. The molecular formula is C21H40N4O7. The lowest BCUT2D eigenvalue weighted by atomic mass is 10.2. The number of amides is 3. The van der Waals surface area contributed by atoms with Crippen molar-refractivity contribution in [2.45, 2.75) is 65.6 Å². The van der Waals surface area contributed by atoms with Gasteiger partial charge in [0.25, 0.3) is 0 Å². The predicted molar refractivity (Wildman–Crippen MR) is 119 cm³/mol. The normalized spacial score (nSPS) is 14.2. The summed E-state index contributed by atoms with van der Waals surface area (Å²) in [5, 5.41) is 2.70. The van der Waals surface area contributed by atoms with E-state index in [1.807, 2.05) is 20.8 Å². The van der Waals surface area contributed by atoms with E-state index in [-0.39, 0.29) is 19.0 Å². The Kier molecular flexibility index (Phi) is 12.7. The smallest absolute Gasteiger partial charge is 0.410 e. The lowest BCUT2D eigenvalue weighted by Crippen LogP contribution is -2.41.